The molecule has 2 amide bonds. The van der Waals surface area contributed by atoms with E-state index in [1.807, 2.05) is 0 Å². The van der Waals surface area contributed by atoms with Gasteiger partial charge in [-0.15, -0.1) is 0 Å². The van der Waals surface area contributed by atoms with Crippen LogP contribution in [0.4, 0.5) is 11.4 Å². The number of nitrogens with one attached hydrogen (secondary N) is 2. The van der Waals surface area contributed by atoms with Gasteiger partial charge in [-0.25, -0.2) is 9.59 Å². The van der Waals surface area contributed by atoms with Crippen molar-refractivity contribution in [1.29, 1.82) is 0 Å². The highest BCUT2D eigenvalue weighted by molar-refractivity contribution is 6.04. The molecule has 1 aromatic carbocycles. The fraction of sp³-hybridized carbons (Fsp3) is 0.176. The number of rotatable bonds is 6. The highest BCUT2D eigenvalue weighted by Gasteiger charge is 2.05. The highest BCUT2D eigenvalue weighted by atomic mass is 16.5. The summed E-state index contributed by atoms with van der Waals surface area (Å²) in [6.45, 7) is 1.74. The van der Waals surface area contributed by atoms with Gasteiger partial charge in [0.2, 0.25) is 11.8 Å². The molecule has 0 saturated heterocycles. The average molecular weight is 346 g/mol. The SMILES string of the molecule is COC(=O)/C=C/C(=O)Nc1ccc(NC(=O)/C=C/C(=O)OC)c(C)c1. The Labute approximate surface area is 144 Å². The largest absolute Gasteiger partial charge is 0.466 e. The fourth-order valence-electron chi connectivity index (χ4n) is 1.66. The Kier molecular flexibility index (Phi) is 7.58. The second-order valence-electron chi connectivity index (χ2n) is 4.72. The van der Waals surface area contributed by atoms with E-state index in [0.29, 0.717) is 16.9 Å². The van der Waals surface area contributed by atoms with Crippen molar-refractivity contribution >= 4 is 35.1 Å². The monoisotopic (exact) mass is 346 g/mol. The molecule has 0 saturated carbocycles. The molecule has 0 aromatic heterocycles. The van der Waals surface area contributed by atoms with Crippen molar-refractivity contribution in [2.24, 2.45) is 0 Å². The Balaban J connectivity index is 2.71. The number of benzene rings is 1. The number of hydrogen-bond donors (Lipinski definition) is 2. The predicted octanol–water partition coefficient (Wildman–Crippen LogP) is 1.33. The van der Waals surface area contributed by atoms with Crippen molar-refractivity contribution < 1.29 is 28.7 Å². The van der Waals surface area contributed by atoms with E-state index in [1.165, 1.54) is 14.2 Å². The fourth-order valence-corrected chi connectivity index (χ4v) is 1.66. The maximum atomic E-state index is 11.7. The summed E-state index contributed by atoms with van der Waals surface area (Å²) < 4.78 is 8.77. The van der Waals surface area contributed by atoms with Crippen molar-refractivity contribution in [3.63, 3.8) is 0 Å². The average Bonchev–Trinajstić information content (AvgIpc) is 2.59. The van der Waals surface area contributed by atoms with Gasteiger partial charge in [-0.1, -0.05) is 0 Å². The number of carbonyl (C=O) groups is 4. The van der Waals surface area contributed by atoms with Gasteiger partial charge in [0.15, 0.2) is 0 Å². The van der Waals surface area contributed by atoms with Crippen LogP contribution in [0.2, 0.25) is 0 Å². The molecule has 25 heavy (non-hydrogen) atoms. The number of amides is 2. The molecule has 0 unspecified atom stereocenters. The minimum absolute atomic E-state index is 0.486. The van der Waals surface area contributed by atoms with Gasteiger partial charge in [-0.3, -0.25) is 9.59 Å². The van der Waals surface area contributed by atoms with E-state index in [2.05, 4.69) is 20.1 Å². The van der Waals surface area contributed by atoms with Crippen LogP contribution in [-0.2, 0) is 28.7 Å². The molecule has 0 spiro atoms. The van der Waals surface area contributed by atoms with Gasteiger partial charge in [-0.05, 0) is 30.7 Å². The van der Waals surface area contributed by atoms with E-state index in [9.17, 15) is 19.2 Å². The molecule has 0 aliphatic heterocycles. The summed E-state index contributed by atoms with van der Waals surface area (Å²) in [7, 11) is 2.42. The maximum Gasteiger partial charge on any atom is 0.330 e. The van der Waals surface area contributed by atoms with Gasteiger partial charge >= 0.3 is 11.9 Å². The number of methoxy groups -OCH3 is 2. The molecule has 1 rings (SSSR count). The van der Waals surface area contributed by atoms with Crippen LogP contribution in [0.1, 0.15) is 5.56 Å². The number of aryl methyl sites for hydroxylation is 1. The lowest BCUT2D eigenvalue weighted by atomic mass is 10.1. The molecule has 1 aromatic rings. The van der Waals surface area contributed by atoms with Crippen molar-refractivity contribution in [1.82, 2.24) is 0 Å². The van der Waals surface area contributed by atoms with Crippen molar-refractivity contribution in [3.05, 3.63) is 48.1 Å². The Morgan fingerprint density at radius 3 is 1.84 bits per heavy atom. The van der Waals surface area contributed by atoms with Crippen LogP contribution in [0.15, 0.2) is 42.5 Å². The zero-order valence-electron chi connectivity index (χ0n) is 14.0. The van der Waals surface area contributed by atoms with Crippen molar-refractivity contribution in [3.8, 4) is 0 Å². The minimum atomic E-state index is -0.635. The van der Waals surface area contributed by atoms with Crippen LogP contribution in [-0.4, -0.2) is 38.0 Å². The molecular weight excluding hydrogens is 328 g/mol. The van der Waals surface area contributed by atoms with Crippen LogP contribution >= 0.6 is 0 Å². The van der Waals surface area contributed by atoms with E-state index in [1.54, 1.807) is 25.1 Å². The molecular formula is C17H18N2O6. The topological polar surface area (TPSA) is 111 Å². The second-order valence-corrected chi connectivity index (χ2v) is 4.72. The first-order valence-electron chi connectivity index (χ1n) is 7.10. The molecule has 0 fully saturated rings. The van der Waals surface area contributed by atoms with Crippen LogP contribution in [0, 0.1) is 6.92 Å². The van der Waals surface area contributed by atoms with Crippen LogP contribution in [0.25, 0.3) is 0 Å². The smallest absolute Gasteiger partial charge is 0.330 e. The molecule has 132 valence electrons. The Bertz CT molecular complexity index is 737. The van der Waals surface area contributed by atoms with Crippen molar-refractivity contribution in [2.45, 2.75) is 6.92 Å². The molecule has 2 N–H and O–H groups in total. The molecule has 0 bridgehead atoms. The first-order valence-corrected chi connectivity index (χ1v) is 7.10. The minimum Gasteiger partial charge on any atom is -0.466 e. The van der Waals surface area contributed by atoms with E-state index < -0.39 is 23.8 Å². The zero-order valence-corrected chi connectivity index (χ0v) is 14.0. The predicted molar refractivity (Wildman–Crippen MR) is 90.8 cm³/mol. The lowest BCUT2D eigenvalue weighted by molar-refractivity contribution is -0.135. The number of esters is 2. The van der Waals surface area contributed by atoms with Gasteiger partial charge in [0.25, 0.3) is 0 Å². The Morgan fingerprint density at radius 1 is 0.840 bits per heavy atom. The second kappa shape index (κ2) is 9.66. The highest BCUT2D eigenvalue weighted by Crippen LogP contribution is 2.19. The molecule has 8 nitrogen and oxygen atoms in total. The van der Waals surface area contributed by atoms with Gasteiger partial charge in [0.1, 0.15) is 0 Å². The molecule has 0 aliphatic rings. The lowest BCUT2D eigenvalue weighted by Gasteiger charge is -2.09. The van der Waals surface area contributed by atoms with Crippen LogP contribution < -0.4 is 10.6 Å². The van der Waals surface area contributed by atoms with Gasteiger partial charge in [-0.2, -0.15) is 0 Å². The summed E-state index contributed by atoms with van der Waals surface area (Å²) in [6.07, 6.45) is 4.12. The van der Waals surface area contributed by atoms with Gasteiger partial charge in [0, 0.05) is 35.7 Å². The number of anilines is 2. The summed E-state index contributed by atoms with van der Waals surface area (Å²) in [4.78, 5) is 45.2. The van der Waals surface area contributed by atoms with Gasteiger partial charge < -0.3 is 20.1 Å². The third kappa shape index (κ3) is 7.12. The van der Waals surface area contributed by atoms with Crippen molar-refractivity contribution in [2.75, 3.05) is 24.9 Å². The molecule has 0 heterocycles. The standard InChI is InChI=1S/C17H18N2O6/c1-11-10-12(18-14(20)6-8-16(22)24-2)4-5-13(11)19-15(21)7-9-17(23)25-3/h4-10H,1-3H3,(H,18,20)(H,19,21)/b8-6+,9-7+. The number of ether oxygens (including phenoxy) is 2. The van der Waals surface area contributed by atoms with E-state index in [-0.39, 0.29) is 0 Å². The first-order chi connectivity index (χ1) is 11.8. The summed E-state index contributed by atoms with van der Waals surface area (Å²) >= 11 is 0. The Hall–Kier alpha value is -3.42. The summed E-state index contributed by atoms with van der Waals surface area (Å²) in [5.74, 6) is -2.26. The van der Waals surface area contributed by atoms with Crippen LogP contribution in [0.3, 0.4) is 0 Å². The maximum absolute atomic E-state index is 11.7. The summed E-state index contributed by atoms with van der Waals surface area (Å²) in [5.41, 5.74) is 1.69. The first kappa shape index (κ1) is 19.6. The lowest BCUT2D eigenvalue weighted by Crippen LogP contribution is -2.12. The quantitative estimate of drug-likeness (QED) is 0.594. The third-order valence-corrected chi connectivity index (χ3v) is 2.90. The number of carbonyl (C=O) groups excluding carboxylic acids is 4. The van der Waals surface area contributed by atoms with Crippen LogP contribution in [0.5, 0.6) is 0 Å². The van der Waals surface area contributed by atoms with E-state index >= 15 is 0 Å². The molecule has 8 heteroatoms. The molecule has 0 radical (unpaired) electrons. The zero-order chi connectivity index (χ0) is 18.8. The van der Waals surface area contributed by atoms with E-state index in [4.69, 9.17) is 0 Å². The summed E-state index contributed by atoms with van der Waals surface area (Å²) in [5, 5.41) is 5.17. The van der Waals surface area contributed by atoms with Gasteiger partial charge in [0.05, 0.1) is 14.2 Å². The van der Waals surface area contributed by atoms with E-state index in [0.717, 1.165) is 24.3 Å². The normalized spacial score (nSPS) is 10.5. The molecule has 0 aliphatic carbocycles. The molecule has 0 atom stereocenters. The summed E-state index contributed by atoms with van der Waals surface area (Å²) in [6, 6.07) is 4.82. The third-order valence-electron chi connectivity index (χ3n) is 2.90. The Morgan fingerprint density at radius 2 is 1.36 bits per heavy atom. The number of hydrogen-bond acceptors (Lipinski definition) is 6.